The lowest BCUT2D eigenvalue weighted by atomic mass is 10.2. The lowest BCUT2D eigenvalue weighted by Crippen LogP contribution is -2.46. The van der Waals surface area contributed by atoms with Crippen LogP contribution >= 0.6 is 23.4 Å². The van der Waals surface area contributed by atoms with Gasteiger partial charge in [-0.2, -0.15) is 4.98 Å². The van der Waals surface area contributed by atoms with E-state index < -0.39 is 0 Å². The minimum Gasteiger partial charge on any atom is -0.486 e. The lowest BCUT2D eigenvalue weighted by Gasteiger charge is -2.36. The van der Waals surface area contributed by atoms with Crippen LogP contribution in [-0.4, -0.2) is 56.1 Å². The van der Waals surface area contributed by atoms with Gasteiger partial charge in [0.25, 0.3) is 0 Å². The van der Waals surface area contributed by atoms with Gasteiger partial charge >= 0.3 is 0 Å². The third kappa shape index (κ3) is 7.00. The number of pyridine rings is 1. The quantitative estimate of drug-likeness (QED) is 0.145. The van der Waals surface area contributed by atoms with Crippen LogP contribution < -0.4 is 14.5 Å². The number of benzene rings is 2. The Morgan fingerprint density at radius 1 is 0.913 bits per heavy atom. The van der Waals surface area contributed by atoms with Crippen LogP contribution in [0.25, 0.3) is 11.4 Å². The van der Waals surface area contributed by atoms with Crippen molar-refractivity contribution in [3.63, 3.8) is 0 Å². The Morgan fingerprint density at radius 2 is 1.72 bits per heavy atom. The third-order valence-corrected chi connectivity index (χ3v) is 8.67. The normalized spacial score (nSPS) is 13.3. The van der Waals surface area contributed by atoms with Gasteiger partial charge in [-0.25, -0.2) is 9.37 Å². The molecule has 0 amide bonds. The molecule has 0 unspecified atom stereocenters. The molecule has 11 nitrogen and oxygen atoms in total. The SMILES string of the molecule is Fc1ccc(N2CCN(c3ccc(-c4noc(CSc5nnc(COc6ccc(Cl)cc6)n5Cc5ccco5)n4)cn3)CC2)cc1. The molecule has 0 radical (unpaired) electrons. The van der Waals surface area contributed by atoms with Gasteiger partial charge < -0.3 is 23.5 Å². The molecule has 6 aromatic rings. The van der Waals surface area contributed by atoms with Gasteiger partial charge in [-0.05, 0) is 72.8 Å². The molecule has 1 fully saturated rings. The number of piperazine rings is 1. The first-order valence-electron chi connectivity index (χ1n) is 14.6. The molecule has 0 N–H and O–H groups in total. The van der Waals surface area contributed by atoms with Crippen molar-refractivity contribution in [1.82, 2.24) is 29.9 Å². The van der Waals surface area contributed by atoms with Crippen molar-refractivity contribution in [3.05, 3.63) is 114 Å². The summed E-state index contributed by atoms with van der Waals surface area (Å²) in [7, 11) is 0. The summed E-state index contributed by atoms with van der Waals surface area (Å²) in [5.74, 6) is 4.05. The summed E-state index contributed by atoms with van der Waals surface area (Å²) in [6.45, 7) is 3.93. The van der Waals surface area contributed by atoms with E-state index in [9.17, 15) is 4.39 Å². The molecular formula is C32H28ClFN8O3S. The van der Waals surface area contributed by atoms with Crippen LogP contribution in [0.1, 0.15) is 17.5 Å². The van der Waals surface area contributed by atoms with E-state index in [0.29, 0.717) is 45.8 Å². The Labute approximate surface area is 273 Å². The number of aromatic nitrogens is 6. The molecule has 0 spiro atoms. The highest BCUT2D eigenvalue weighted by Gasteiger charge is 2.20. The number of anilines is 2. The molecule has 7 rings (SSSR count). The van der Waals surface area contributed by atoms with Crippen molar-refractivity contribution >= 4 is 34.9 Å². The molecule has 0 bridgehead atoms. The van der Waals surface area contributed by atoms with Crippen molar-refractivity contribution in [2.75, 3.05) is 36.0 Å². The third-order valence-electron chi connectivity index (χ3n) is 7.46. The summed E-state index contributed by atoms with van der Waals surface area (Å²) in [6, 6.07) is 21.4. The summed E-state index contributed by atoms with van der Waals surface area (Å²) in [4.78, 5) is 13.7. The molecular weight excluding hydrogens is 631 g/mol. The number of nitrogens with zero attached hydrogens (tertiary/aromatic N) is 8. The number of furan rings is 1. The second-order valence-corrected chi connectivity index (χ2v) is 11.8. The molecule has 5 heterocycles. The minimum absolute atomic E-state index is 0.216. The maximum Gasteiger partial charge on any atom is 0.237 e. The molecule has 234 valence electrons. The Bertz CT molecular complexity index is 1860. The van der Waals surface area contributed by atoms with Gasteiger partial charge in [0.05, 0.1) is 18.6 Å². The predicted octanol–water partition coefficient (Wildman–Crippen LogP) is 6.35. The lowest BCUT2D eigenvalue weighted by molar-refractivity contribution is 0.287. The van der Waals surface area contributed by atoms with Gasteiger partial charge in [0.1, 0.15) is 29.8 Å². The summed E-state index contributed by atoms with van der Waals surface area (Å²) in [5, 5.41) is 14.2. The monoisotopic (exact) mass is 658 g/mol. The van der Waals surface area contributed by atoms with Gasteiger partial charge in [0, 0.05) is 48.6 Å². The van der Waals surface area contributed by atoms with E-state index in [1.54, 1.807) is 36.7 Å². The van der Waals surface area contributed by atoms with Crippen molar-refractivity contribution in [1.29, 1.82) is 0 Å². The molecule has 46 heavy (non-hydrogen) atoms. The highest BCUT2D eigenvalue weighted by molar-refractivity contribution is 7.98. The fourth-order valence-corrected chi connectivity index (χ4v) is 5.96. The van der Waals surface area contributed by atoms with Crippen LogP contribution in [0.5, 0.6) is 5.75 Å². The van der Waals surface area contributed by atoms with Crippen molar-refractivity contribution in [3.8, 4) is 17.1 Å². The zero-order chi connectivity index (χ0) is 31.3. The first-order chi connectivity index (χ1) is 22.6. The molecule has 1 saturated heterocycles. The molecule has 0 aliphatic carbocycles. The number of halogens is 2. The molecule has 1 aliphatic rings. The molecule has 2 aromatic carbocycles. The minimum atomic E-state index is -0.226. The highest BCUT2D eigenvalue weighted by Crippen LogP contribution is 2.26. The Morgan fingerprint density at radius 3 is 2.46 bits per heavy atom. The van der Waals surface area contributed by atoms with E-state index >= 15 is 0 Å². The molecule has 1 aliphatic heterocycles. The van der Waals surface area contributed by atoms with Crippen LogP contribution in [0.4, 0.5) is 15.9 Å². The second-order valence-electron chi connectivity index (χ2n) is 10.5. The predicted molar refractivity (Wildman–Crippen MR) is 172 cm³/mol. The largest absolute Gasteiger partial charge is 0.486 e. The number of hydrogen-bond acceptors (Lipinski definition) is 11. The van der Waals surface area contributed by atoms with E-state index in [4.69, 9.17) is 25.3 Å². The molecule has 0 atom stereocenters. The highest BCUT2D eigenvalue weighted by atomic mass is 35.5. The maximum atomic E-state index is 13.3. The van der Waals surface area contributed by atoms with Gasteiger partial charge in [0.15, 0.2) is 11.0 Å². The van der Waals surface area contributed by atoms with E-state index in [1.807, 2.05) is 41.0 Å². The summed E-state index contributed by atoms with van der Waals surface area (Å²) >= 11 is 7.42. The number of ether oxygens (including phenoxy) is 1. The van der Waals surface area contributed by atoms with Crippen LogP contribution in [-0.2, 0) is 18.9 Å². The van der Waals surface area contributed by atoms with Gasteiger partial charge in [0.2, 0.25) is 11.7 Å². The number of hydrogen-bond donors (Lipinski definition) is 0. The number of rotatable bonds is 11. The average molecular weight is 659 g/mol. The fraction of sp³-hybridized carbons (Fsp3) is 0.219. The Balaban J connectivity index is 0.970. The first-order valence-corrected chi connectivity index (χ1v) is 15.9. The van der Waals surface area contributed by atoms with Crippen molar-refractivity contribution in [2.24, 2.45) is 0 Å². The van der Waals surface area contributed by atoms with Crippen LogP contribution in [0, 0.1) is 5.82 Å². The topological polar surface area (TPSA) is 111 Å². The Hall–Kier alpha value is -4.88. The van der Waals surface area contributed by atoms with Crippen LogP contribution in [0.3, 0.4) is 0 Å². The van der Waals surface area contributed by atoms with E-state index in [1.165, 1.54) is 23.9 Å². The Kier molecular flexibility index (Phi) is 8.83. The van der Waals surface area contributed by atoms with Crippen LogP contribution in [0.15, 0.2) is 99.4 Å². The van der Waals surface area contributed by atoms with E-state index in [-0.39, 0.29) is 12.4 Å². The zero-order valence-corrected chi connectivity index (χ0v) is 26.1. The van der Waals surface area contributed by atoms with Gasteiger partial charge in [-0.15, -0.1) is 10.2 Å². The van der Waals surface area contributed by atoms with Crippen LogP contribution in [0.2, 0.25) is 5.02 Å². The number of thioether (sulfide) groups is 1. The van der Waals surface area contributed by atoms with Crippen molar-refractivity contribution < 1.29 is 18.1 Å². The summed E-state index contributed by atoms with van der Waals surface area (Å²) in [5.41, 5.74) is 1.79. The van der Waals surface area contributed by atoms with E-state index in [2.05, 4.69) is 35.1 Å². The van der Waals surface area contributed by atoms with Crippen molar-refractivity contribution in [2.45, 2.75) is 24.1 Å². The zero-order valence-electron chi connectivity index (χ0n) is 24.5. The second kappa shape index (κ2) is 13.6. The average Bonchev–Trinajstić information content (AvgIpc) is 3.87. The fourth-order valence-electron chi connectivity index (χ4n) is 5.04. The summed E-state index contributed by atoms with van der Waals surface area (Å²) in [6.07, 6.45) is 3.39. The summed E-state index contributed by atoms with van der Waals surface area (Å²) < 4.78 is 32.3. The smallest absolute Gasteiger partial charge is 0.237 e. The first kappa shape index (κ1) is 29.8. The molecule has 4 aromatic heterocycles. The van der Waals surface area contributed by atoms with Gasteiger partial charge in [-0.3, -0.25) is 4.57 Å². The van der Waals surface area contributed by atoms with E-state index in [0.717, 1.165) is 49.0 Å². The molecule has 14 heteroatoms. The standard InChI is InChI=1S/C32H28ClFN8O3S/c33-23-4-10-26(11-5-23)44-20-29-37-38-32(42(29)19-27-2-1-17-43-27)46-21-30-36-31(39-45-30)22-3-12-28(35-18-22)41-15-13-40(14-16-41)25-8-6-24(34)7-9-25/h1-12,17-18H,13-16,19-21H2. The maximum absolute atomic E-state index is 13.3. The molecule has 0 saturated carbocycles. The van der Waals surface area contributed by atoms with Gasteiger partial charge in [-0.1, -0.05) is 28.5 Å².